The first-order valence-electron chi connectivity index (χ1n) is 17.6. The van der Waals surface area contributed by atoms with Crippen LogP contribution in [0.2, 0.25) is 17.3 Å². The van der Waals surface area contributed by atoms with Gasteiger partial charge in [-0.3, -0.25) is 4.79 Å². The minimum absolute atomic E-state index is 0. The predicted octanol–water partition coefficient (Wildman–Crippen LogP) is 11.5. The Kier molecular flexibility index (Phi) is 14.4. The summed E-state index contributed by atoms with van der Waals surface area (Å²) in [5, 5.41) is 13.8. The number of hydrogen-bond donors (Lipinski definition) is 1. The number of aliphatic hydroxyl groups is 1. The molecule has 0 saturated carbocycles. The molecular formula is C42H59GeIrN2O2-. The van der Waals surface area contributed by atoms with Crippen LogP contribution in [-0.4, -0.2) is 34.1 Å². The minimum atomic E-state index is -1.92. The fourth-order valence-electron chi connectivity index (χ4n) is 5.88. The van der Waals surface area contributed by atoms with E-state index in [1.807, 2.05) is 41.5 Å². The molecule has 0 unspecified atom stereocenters. The fraction of sp³-hybridized carbons (Fsp3) is 0.500. The van der Waals surface area contributed by atoms with Gasteiger partial charge in [0.05, 0.1) is 0 Å². The number of hydrogen-bond acceptors (Lipinski definition) is 4. The molecule has 0 amide bonds. The van der Waals surface area contributed by atoms with Gasteiger partial charge in [-0.15, -0.1) is 0 Å². The maximum absolute atomic E-state index is 12.2. The van der Waals surface area contributed by atoms with E-state index >= 15 is 0 Å². The standard InChI is InChI=1S/C27H31GeN2.C15H28O2.Ir/c1-16(2)27-29-25(21-12-17(3)11-18(4)13-21)23-10-9-20-15-22(28(6,7)8)14-19(5)24(20)26(23)30-27;1-7-14(5,8-2)12(16)11-13(17)15(6,9-3)10-4;/h9-12,14-16H,1-8H3;11,16H,7-10H2,1-6H3;/q-1;;/b;12-11-;. The number of benzene rings is 3. The van der Waals surface area contributed by atoms with Crippen molar-refractivity contribution in [2.45, 2.75) is 125 Å². The maximum atomic E-state index is 12.2. The van der Waals surface area contributed by atoms with Gasteiger partial charge in [0.25, 0.3) is 0 Å². The van der Waals surface area contributed by atoms with Gasteiger partial charge >= 0.3 is 183 Å². The van der Waals surface area contributed by atoms with Gasteiger partial charge in [-0.2, -0.15) is 0 Å². The van der Waals surface area contributed by atoms with Crippen LogP contribution in [0, 0.1) is 37.7 Å². The van der Waals surface area contributed by atoms with Crippen LogP contribution in [0.4, 0.5) is 0 Å². The van der Waals surface area contributed by atoms with E-state index in [9.17, 15) is 9.90 Å². The van der Waals surface area contributed by atoms with Gasteiger partial charge < -0.3 is 5.11 Å². The molecule has 1 aromatic heterocycles. The van der Waals surface area contributed by atoms with Crippen LogP contribution in [0.25, 0.3) is 32.9 Å². The average Bonchev–Trinajstić information content (AvgIpc) is 3.02. The van der Waals surface area contributed by atoms with Crippen LogP contribution >= 0.6 is 0 Å². The minimum Gasteiger partial charge on any atom is 0 e. The summed E-state index contributed by atoms with van der Waals surface area (Å²) in [6, 6.07) is 17.2. The number of carbonyl (C=O) groups is 1. The van der Waals surface area contributed by atoms with Crippen molar-refractivity contribution in [3.8, 4) is 11.3 Å². The number of nitrogens with zero attached hydrogens (tertiary/aromatic N) is 2. The summed E-state index contributed by atoms with van der Waals surface area (Å²) in [4.78, 5) is 22.3. The zero-order valence-corrected chi connectivity index (χ0v) is 36.5. The second-order valence-corrected chi connectivity index (χ2v) is 26.0. The Balaban J connectivity index is 0.000000384. The molecular weight excluding hydrogens is 829 g/mol. The maximum Gasteiger partial charge on any atom is 0 e. The molecule has 3 aromatic carbocycles. The van der Waals surface area contributed by atoms with Gasteiger partial charge in [-0.05, 0) is 25.7 Å². The summed E-state index contributed by atoms with van der Waals surface area (Å²) >= 11 is -1.92. The SMILES string of the molecule is CCC(C)(CC)C(=O)/C=C(\O)C(C)(CC)CC.Cc1[c-]c(-c2nc(C(C)C)nc3c2ccc2c[c]([Ge]([CH3])([CH3])[CH3])cc(C)c23)cc(C)c1.[Ir]. The van der Waals surface area contributed by atoms with E-state index in [2.05, 4.69) is 94.4 Å². The third kappa shape index (κ3) is 9.26. The Hall–Kier alpha value is -2.34. The zero-order valence-electron chi connectivity index (χ0n) is 32.0. The Labute approximate surface area is 307 Å². The molecule has 4 aromatic rings. The Morgan fingerprint density at radius 1 is 0.896 bits per heavy atom. The number of allylic oxidation sites excluding steroid dienone is 2. The number of carbonyl (C=O) groups excluding carboxylic acids is 1. The van der Waals surface area contributed by atoms with Gasteiger partial charge in [0.2, 0.25) is 0 Å². The zero-order chi connectivity index (χ0) is 35.5. The van der Waals surface area contributed by atoms with E-state index < -0.39 is 13.3 Å². The molecule has 0 fully saturated rings. The largest absolute Gasteiger partial charge is 0 e. The molecule has 4 rings (SSSR count). The van der Waals surface area contributed by atoms with Crippen molar-refractivity contribution in [2.24, 2.45) is 10.8 Å². The number of fused-ring (bicyclic) bond motifs is 3. The molecule has 1 radical (unpaired) electrons. The van der Waals surface area contributed by atoms with E-state index in [1.54, 1.807) is 4.40 Å². The molecule has 0 bridgehead atoms. The van der Waals surface area contributed by atoms with Crippen molar-refractivity contribution < 1.29 is 30.0 Å². The first-order valence-corrected chi connectivity index (χ1v) is 24.9. The van der Waals surface area contributed by atoms with E-state index in [-0.39, 0.29) is 48.4 Å². The van der Waals surface area contributed by atoms with Crippen molar-refractivity contribution in [2.75, 3.05) is 0 Å². The van der Waals surface area contributed by atoms with E-state index in [0.29, 0.717) is 0 Å². The summed E-state index contributed by atoms with van der Waals surface area (Å²) in [5.74, 6) is 8.81. The first-order chi connectivity index (χ1) is 21.8. The topological polar surface area (TPSA) is 63.1 Å². The molecule has 48 heavy (non-hydrogen) atoms. The van der Waals surface area contributed by atoms with E-state index in [0.717, 1.165) is 59.2 Å². The fourth-order valence-corrected chi connectivity index (χ4v) is 8.48. The molecule has 0 spiro atoms. The number of aliphatic hydroxyl groups excluding tert-OH is 1. The van der Waals surface area contributed by atoms with Gasteiger partial charge in [0, 0.05) is 37.0 Å². The van der Waals surface area contributed by atoms with E-state index in [1.165, 1.54) is 28.0 Å². The third-order valence-electron chi connectivity index (χ3n) is 10.4. The quantitative estimate of drug-likeness (QED) is 0.0566. The second kappa shape index (κ2) is 16.6. The molecule has 0 aliphatic carbocycles. The summed E-state index contributed by atoms with van der Waals surface area (Å²) in [6.07, 6.45) is 4.75. The van der Waals surface area contributed by atoms with Crippen molar-refractivity contribution in [1.29, 1.82) is 0 Å². The first kappa shape index (κ1) is 41.8. The molecule has 0 saturated heterocycles. The van der Waals surface area contributed by atoms with Crippen LogP contribution in [0.5, 0.6) is 0 Å². The molecule has 0 aliphatic heterocycles. The smallest absolute Gasteiger partial charge is 0 e. The number of aryl methyl sites for hydroxylation is 3. The van der Waals surface area contributed by atoms with Gasteiger partial charge in [0.15, 0.2) is 5.78 Å². The number of aromatic nitrogens is 2. The number of ketones is 1. The monoisotopic (exact) mass is 890 g/mol. The number of rotatable bonds is 10. The van der Waals surface area contributed by atoms with Crippen LogP contribution < -0.4 is 4.40 Å². The van der Waals surface area contributed by atoms with Crippen LogP contribution in [-0.2, 0) is 24.9 Å². The Bertz CT molecular complexity index is 1760. The molecule has 4 nitrogen and oxygen atoms in total. The third-order valence-corrected chi connectivity index (χ3v) is 14.6. The molecule has 1 N–H and O–H groups in total. The van der Waals surface area contributed by atoms with Crippen molar-refractivity contribution in [3.63, 3.8) is 0 Å². The summed E-state index contributed by atoms with van der Waals surface area (Å²) in [6.45, 7) is 22.9. The van der Waals surface area contributed by atoms with Crippen LogP contribution in [0.15, 0.2) is 48.2 Å². The Morgan fingerprint density at radius 2 is 1.48 bits per heavy atom. The summed E-state index contributed by atoms with van der Waals surface area (Å²) in [5.41, 5.74) is 6.21. The summed E-state index contributed by atoms with van der Waals surface area (Å²) in [7, 11) is 0. The Morgan fingerprint density at radius 3 is 1.98 bits per heavy atom. The molecule has 1 heterocycles. The van der Waals surface area contributed by atoms with Gasteiger partial charge in [-0.1, -0.05) is 41.5 Å². The van der Waals surface area contributed by atoms with Crippen molar-refractivity contribution >= 4 is 45.1 Å². The molecule has 0 atom stereocenters. The second-order valence-electron chi connectivity index (χ2n) is 15.4. The molecule has 6 heteroatoms. The predicted molar refractivity (Wildman–Crippen MR) is 206 cm³/mol. The molecule has 263 valence electrons. The normalized spacial score (nSPS) is 12.6. The average molecular weight is 889 g/mol. The van der Waals surface area contributed by atoms with Crippen molar-refractivity contribution in [3.05, 3.63) is 76.8 Å². The van der Waals surface area contributed by atoms with E-state index in [4.69, 9.17) is 9.97 Å². The molecule has 0 aliphatic rings. The van der Waals surface area contributed by atoms with Crippen LogP contribution in [0.3, 0.4) is 0 Å². The van der Waals surface area contributed by atoms with Gasteiger partial charge in [-0.25, -0.2) is 0 Å². The van der Waals surface area contributed by atoms with Crippen LogP contribution in [0.1, 0.15) is 110 Å². The summed E-state index contributed by atoms with van der Waals surface area (Å²) < 4.78 is 1.54. The van der Waals surface area contributed by atoms with Gasteiger partial charge in [0.1, 0.15) is 5.76 Å². The van der Waals surface area contributed by atoms with Crippen molar-refractivity contribution in [1.82, 2.24) is 9.97 Å².